The highest BCUT2D eigenvalue weighted by molar-refractivity contribution is 5.92. The van der Waals surface area contributed by atoms with E-state index >= 15 is 0 Å². The molecule has 2 heterocycles. The van der Waals surface area contributed by atoms with Gasteiger partial charge in [0.2, 0.25) is 5.91 Å². The lowest BCUT2D eigenvalue weighted by Gasteiger charge is -2.29. The minimum absolute atomic E-state index is 0.0252. The maximum absolute atomic E-state index is 12.4. The molecule has 5 aromatic rings. The number of carbonyl (C=O) groups is 1. The van der Waals surface area contributed by atoms with Gasteiger partial charge in [0.05, 0.1) is 23.7 Å². The van der Waals surface area contributed by atoms with Crippen molar-refractivity contribution in [2.24, 2.45) is 0 Å². The molecule has 0 saturated heterocycles. The third-order valence-electron chi connectivity index (χ3n) is 6.69. The van der Waals surface area contributed by atoms with Crippen LogP contribution in [-0.2, 0) is 24.2 Å². The SMILES string of the molecule is O=C(Cc1ccccc1)Nc1ccc(-c2ccc3ncc(N4CCc5ccccc5C4)nc3c2)cc1. The van der Waals surface area contributed by atoms with Crippen LogP contribution in [0.15, 0.2) is 103 Å². The average molecular weight is 471 g/mol. The Morgan fingerprint density at radius 3 is 2.39 bits per heavy atom. The van der Waals surface area contributed by atoms with Crippen LogP contribution in [0.4, 0.5) is 11.5 Å². The minimum Gasteiger partial charge on any atom is -0.351 e. The van der Waals surface area contributed by atoms with Crippen molar-refractivity contribution in [1.29, 1.82) is 0 Å². The zero-order valence-corrected chi connectivity index (χ0v) is 19.9. The molecule has 0 bridgehead atoms. The molecule has 0 spiro atoms. The van der Waals surface area contributed by atoms with Gasteiger partial charge >= 0.3 is 0 Å². The monoisotopic (exact) mass is 470 g/mol. The van der Waals surface area contributed by atoms with E-state index in [0.717, 1.165) is 58.7 Å². The molecule has 0 aliphatic carbocycles. The number of aromatic nitrogens is 2. The highest BCUT2D eigenvalue weighted by Crippen LogP contribution is 2.27. The fourth-order valence-corrected chi connectivity index (χ4v) is 4.76. The Kier molecular flexibility index (Phi) is 5.88. The van der Waals surface area contributed by atoms with Crippen LogP contribution >= 0.6 is 0 Å². The number of hydrogen-bond donors (Lipinski definition) is 1. The summed E-state index contributed by atoms with van der Waals surface area (Å²) in [7, 11) is 0. The summed E-state index contributed by atoms with van der Waals surface area (Å²) in [6.07, 6.45) is 3.25. The first-order valence-corrected chi connectivity index (χ1v) is 12.2. The molecule has 5 heteroatoms. The zero-order chi connectivity index (χ0) is 24.3. The van der Waals surface area contributed by atoms with E-state index in [2.05, 4.69) is 51.6 Å². The maximum atomic E-state index is 12.4. The fourth-order valence-electron chi connectivity index (χ4n) is 4.76. The molecule has 0 radical (unpaired) electrons. The molecule has 1 aliphatic heterocycles. The molecular formula is C31H26N4O. The van der Waals surface area contributed by atoms with Crippen LogP contribution in [0.25, 0.3) is 22.2 Å². The lowest BCUT2D eigenvalue weighted by Crippen LogP contribution is -2.31. The van der Waals surface area contributed by atoms with Crippen molar-refractivity contribution in [3.05, 3.63) is 120 Å². The lowest BCUT2D eigenvalue weighted by molar-refractivity contribution is -0.115. The molecular weight excluding hydrogens is 444 g/mol. The van der Waals surface area contributed by atoms with Crippen molar-refractivity contribution in [2.45, 2.75) is 19.4 Å². The maximum Gasteiger partial charge on any atom is 0.228 e. The van der Waals surface area contributed by atoms with E-state index in [1.807, 2.05) is 66.9 Å². The summed E-state index contributed by atoms with van der Waals surface area (Å²) in [6, 6.07) is 32.5. The number of amides is 1. The Balaban J connectivity index is 1.19. The molecule has 1 aliphatic rings. The quantitative estimate of drug-likeness (QED) is 0.340. The van der Waals surface area contributed by atoms with E-state index in [9.17, 15) is 4.79 Å². The number of nitrogens with zero attached hydrogens (tertiary/aromatic N) is 3. The van der Waals surface area contributed by atoms with Gasteiger partial charge in [-0.25, -0.2) is 4.98 Å². The number of carbonyl (C=O) groups excluding carboxylic acids is 1. The van der Waals surface area contributed by atoms with E-state index < -0.39 is 0 Å². The molecule has 0 atom stereocenters. The van der Waals surface area contributed by atoms with Gasteiger partial charge in [-0.3, -0.25) is 9.78 Å². The van der Waals surface area contributed by atoms with Gasteiger partial charge in [-0.2, -0.15) is 0 Å². The number of anilines is 2. The van der Waals surface area contributed by atoms with Crippen molar-refractivity contribution in [2.75, 3.05) is 16.8 Å². The van der Waals surface area contributed by atoms with Crippen LogP contribution in [0.5, 0.6) is 0 Å². The number of benzene rings is 4. The van der Waals surface area contributed by atoms with Gasteiger partial charge in [-0.1, -0.05) is 72.8 Å². The molecule has 1 N–H and O–H groups in total. The summed E-state index contributed by atoms with van der Waals surface area (Å²) in [5.74, 6) is 0.883. The molecule has 4 aromatic carbocycles. The second-order valence-corrected chi connectivity index (χ2v) is 9.16. The number of fused-ring (bicyclic) bond motifs is 2. The zero-order valence-electron chi connectivity index (χ0n) is 19.9. The molecule has 176 valence electrons. The molecule has 6 rings (SSSR count). The molecule has 5 nitrogen and oxygen atoms in total. The van der Waals surface area contributed by atoms with Gasteiger partial charge in [-0.05, 0) is 58.5 Å². The molecule has 1 amide bonds. The van der Waals surface area contributed by atoms with Crippen LogP contribution in [-0.4, -0.2) is 22.4 Å². The largest absolute Gasteiger partial charge is 0.351 e. The van der Waals surface area contributed by atoms with Crippen LogP contribution in [0, 0.1) is 0 Å². The van der Waals surface area contributed by atoms with E-state index in [1.165, 1.54) is 11.1 Å². The molecule has 0 unspecified atom stereocenters. The summed E-state index contributed by atoms with van der Waals surface area (Å²) < 4.78 is 0. The van der Waals surface area contributed by atoms with E-state index in [1.54, 1.807) is 0 Å². The standard InChI is InChI=1S/C31H26N4O/c36-31(18-22-6-2-1-3-7-22)33-27-13-10-24(11-14-27)25-12-15-28-29(19-25)34-30(20-32-28)35-17-16-23-8-4-5-9-26(23)21-35/h1-15,19-20H,16-18,21H2,(H,33,36). The van der Waals surface area contributed by atoms with E-state index in [-0.39, 0.29) is 5.91 Å². The Labute approximate surface area is 210 Å². The molecule has 0 saturated carbocycles. The van der Waals surface area contributed by atoms with Gasteiger partial charge < -0.3 is 10.2 Å². The fraction of sp³-hybridized carbons (Fsp3) is 0.129. The van der Waals surface area contributed by atoms with Gasteiger partial charge in [0.1, 0.15) is 5.82 Å². The lowest BCUT2D eigenvalue weighted by atomic mass is 10.00. The first-order chi connectivity index (χ1) is 17.7. The van der Waals surface area contributed by atoms with E-state index in [0.29, 0.717) is 6.42 Å². The number of rotatable bonds is 5. The second kappa shape index (κ2) is 9.62. The first-order valence-electron chi connectivity index (χ1n) is 12.2. The van der Waals surface area contributed by atoms with Crippen LogP contribution in [0.3, 0.4) is 0 Å². The van der Waals surface area contributed by atoms with Gasteiger partial charge in [0, 0.05) is 18.8 Å². The summed E-state index contributed by atoms with van der Waals surface area (Å²) in [5.41, 5.74) is 8.45. The minimum atomic E-state index is -0.0252. The van der Waals surface area contributed by atoms with Gasteiger partial charge in [-0.15, -0.1) is 0 Å². The first kappa shape index (κ1) is 22.0. The van der Waals surface area contributed by atoms with Gasteiger partial charge in [0.25, 0.3) is 0 Å². The summed E-state index contributed by atoms with van der Waals surface area (Å²) in [4.78, 5) is 24.3. The van der Waals surface area contributed by atoms with Crippen LogP contribution in [0.1, 0.15) is 16.7 Å². The summed E-state index contributed by atoms with van der Waals surface area (Å²) in [6.45, 7) is 1.79. The second-order valence-electron chi connectivity index (χ2n) is 9.16. The number of hydrogen-bond acceptors (Lipinski definition) is 4. The third kappa shape index (κ3) is 4.68. The third-order valence-corrected chi connectivity index (χ3v) is 6.69. The van der Waals surface area contributed by atoms with Crippen LogP contribution < -0.4 is 10.2 Å². The predicted octanol–water partition coefficient (Wildman–Crippen LogP) is 6.04. The topological polar surface area (TPSA) is 58.1 Å². The van der Waals surface area contributed by atoms with Crippen molar-refractivity contribution in [3.8, 4) is 11.1 Å². The summed E-state index contributed by atoms with van der Waals surface area (Å²) >= 11 is 0. The van der Waals surface area contributed by atoms with Crippen molar-refractivity contribution in [3.63, 3.8) is 0 Å². The highest BCUT2D eigenvalue weighted by Gasteiger charge is 2.17. The Hall–Kier alpha value is -4.51. The Morgan fingerprint density at radius 2 is 1.56 bits per heavy atom. The summed E-state index contributed by atoms with van der Waals surface area (Å²) in [5, 5.41) is 2.98. The smallest absolute Gasteiger partial charge is 0.228 e. The normalized spacial score (nSPS) is 12.8. The van der Waals surface area contributed by atoms with Crippen molar-refractivity contribution >= 4 is 28.4 Å². The molecule has 0 fully saturated rings. The number of nitrogens with one attached hydrogen (secondary N) is 1. The average Bonchev–Trinajstić information content (AvgIpc) is 2.93. The Bertz CT molecular complexity index is 1530. The van der Waals surface area contributed by atoms with Crippen molar-refractivity contribution in [1.82, 2.24) is 9.97 Å². The van der Waals surface area contributed by atoms with Gasteiger partial charge in [0.15, 0.2) is 0 Å². The molecule has 1 aromatic heterocycles. The predicted molar refractivity (Wildman–Crippen MR) is 145 cm³/mol. The Morgan fingerprint density at radius 1 is 0.806 bits per heavy atom. The van der Waals surface area contributed by atoms with E-state index in [4.69, 9.17) is 4.98 Å². The molecule has 36 heavy (non-hydrogen) atoms. The van der Waals surface area contributed by atoms with Crippen molar-refractivity contribution < 1.29 is 4.79 Å². The highest BCUT2D eigenvalue weighted by atomic mass is 16.1. The van der Waals surface area contributed by atoms with Crippen LogP contribution in [0.2, 0.25) is 0 Å².